The van der Waals surface area contributed by atoms with Crippen molar-refractivity contribution in [1.29, 1.82) is 0 Å². The van der Waals surface area contributed by atoms with Gasteiger partial charge in [0.1, 0.15) is 0 Å². The van der Waals surface area contributed by atoms with E-state index in [0.29, 0.717) is 6.42 Å². The monoisotopic (exact) mass is 346 g/mol. The molecule has 2 N–H and O–H groups in total. The maximum Gasteiger partial charge on any atom is 0.239 e. The number of benzene rings is 2. The Morgan fingerprint density at radius 1 is 0.958 bits per heavy atom. The van der Waals surface area contributed by atoms with E-state index in [4.69, 9.17) is 5.73 Å². The number of likely N-dealkylation sites (N-methyl/N-ethyl adjacent to an activating group) is 1. The molecule has 0 saturated heterocycles. The summed E-state index contributed by atoms with van der Waals surface area (Å²) in [4.78, 5) is 14.1. The Balaban J connectivity index is 0.00000288. The van der Waals surface area contributed by atoms with Gasteiger partial charge in [-0.05, 0) is 36.8 Å². The highest BCUT2D eigenvalue weighted by atomic mass is 35.5. The number of rotatable bonds is 8. The zero-order valence-corrected chi connectivity index (χ0v) is 15.0. The molecule has 1 unspecified atom stereocenters. The topological polar surface area (TPSA) is 46.3 Å². The smallest absolute Gasteiger partial charge is 0.239 e. The number of halogens is 1. The van der Waals surface area contributed by atoms with Gasteiger partial charge in [-0.25, -0.2) is 0 Å². The van der Waals surface area contributed by atoms with Gasteiger partial charge in [-0.15, -0.1) is 12.4 Å². The zero-order chi connectivity index (χ0) is 16.5. The summed E-state index contributed by atoms with van der Waals surface area (Å²) in [6.07, 6.45) is 3.72. The third kappa shape index (κ3) is 6.73. The number of carbonyl (C=O) groups excluding carboxylic acids is 1. The highest BCUT2D eigenvalue weighted by Crippen LogP contribution is 2.07. The molecular weight excluding hydrogens is 320 g/mol. The zero-order valence-electron chi connectivity index (χ0n) is 14.2. The number of amides is 1. The van der Waals surface area contributed by atoms with Crippen LogP contribution in [0.4, 0.5) is 0 Å². The van der Waals surface area contributed by atoms with E-state index < -0.39 is 6.04 Å². The van der Waals surface area contributed by atoms with Crippen molar-refractivity contribution in [3.05, 3.63) is 71.8 Å². The highest BCUT2D eigenvalue weighted by molar-refractivity contribution is 5.85. The van der Waals surface area contributed by atoms with Crippen molar-refractivity contribution in [1.82, 2.24) is 4.90 Å². The molecule has 0 radical (unpaired) electrons. The molecule has 0 heterocycles. The Hall–Kier alpha value is -1.84. The summed E-state index contributed by atoms with van der Waals surface area (Å²) in [5.74, 6) is 0.0218. The molecule has 24 heavy (non-hydrogen) atoms. The second-order valence-electron chi connectivity index (χ2n) is 6.00. The molecule has 0 aliphatic rings. The summed E-state index contributed by atoms with van der Waals surface area (Å²) in [7, 11) is 1.84. The quantitative estimate of drug-likeness (QED) is 0.744. The van der Waals surface area contributed by atoms with Crippen molar-refractivity contribution < 1.29 is 4.79 Å². The van der Waals surface area contributed by atoms with Crippen LogP contribution in [-0.2, 0) is 17.6 Å². The van der Waals surface area contributed by atoms with Crippen LogP contribution in [0.2, 0.25) is 0 Å². The van der Waals surface area contributed by atoms with Gasteiger partial charge in [0.25, 0.3) is 0 Å². The fourth-order valence-corrected chi connectivity index (χ4v) is 2.67. The summed E-state index contributed by atoms with van der Waals surface area (Å²) >= 11 is 0. The summed E-state index contributed by atoms with van der Waals surface area (Å²) in [5, 5.41) is 0. The molecule has 4 heteroatoms. The first kappa shape index (κ1) is 20.2. The number of hydrogen-bond acceptors (Lipinski definition) is 2. The number of unbranched alkanes of at least 4 members (excludes halogenated alkanes) is 1. The van der Waals surface area contributed by atoms with Crippen molar-refractivity contribution in [2.24, 2.45) is 5.73 Å². The molecule has 0 aliphatic carbocycles. The lowest BCUT2D eigenvalue weighted by molar-refractivity contribution is -0.131. The van der Waals surface area contributed by atoms with Gasteiger partial charge in [0.05, 0.1) is 6.04 Å². The van der Waals surface area contributed by atoms with E-state index in [1.165, 1.54) is 5.56 Å². The average molecular weight is 347 g/mol. The third-order valence-electron chi connectivity index (χ3n) is 4.04. The Kier molecular flexibility index (Phi) is 9.13. The van der Waals surface area contributed by atoms with Crippen LogP contribution in [0.25, 0.3) is 0 Å². The van der Waals surface area contributed by atoms with Crippen LogP contribution in [0.1, 0.15) is 24.0 Å². The fraction of sp³-hybridized carbons (Fsp3) is 0.350. The van der Waals surface area contributed by atoms with Gasteiger partial charge in [-0.1, -0.05) is 60.7 Å². The van der Waals surface area contributed by atoms with Gasteiger partial charge < -0.3 is 10.6 Å². The Morgan fingerprint density at radius 3 is 2.08 bits per heavy atom. The number of nitrogens with two attached hydrogens (primary N) is 1. The molecule has 0 aromatic heterocycles. The average Bonchev–Trinajstić information content (AvgIpc) is 2.59. The first-order chi connectivity index (χ1) is 11.2. The molecule has 2 rings (SSSR count). The predicted molar refractivity (Wildman–Crippen MR) is 102 cm³/mol. The van der Waals surface area contributed by atoms with Crippen LogP contribution in [0.15, 0.2) is 60.7 Å². The fourth-order valence-electron chi connectivity index (χ4n) is 2.67. The third-order valence-corrected chi connectivity index (χ3v) is 4.04. The van der Waals surface area contributed by atoms with Gasteiger partial charge in [-0.3, -0.25) is 4.79 Å². The minimum absolute atomic E-state index is 0. The molecule has 130 valence electrons. The summed E-state index contributed by atoms with van der Waals surface area (Å²) in [6, 6.07) is 19.9. The van der Waals surface area contributed by atoms with E-state index in [1.54, 1.807) is 4.90 Å². The van der Waals surface area contributed by atoms with Crippen LogP contribution in [-0.4, -0.2) is 30.4 Å². The van der Waals surface area contributed by atoms with E-state index >= 15 is 0 Å². The number of nitrogens with zero attached hydrogens (tertiary/aromatic N) is 1. The number of carbonyl (C=O) groups is 1. The lowest BCUT2D eigenvalue weighted by Crippen LogP contribution is -2.43. The minimum atomic E-state index is -0.462. The number of aryl methyl sites for hydroxylation is 1. The molecular formula is C20H27ClN2O. The molecule has 0 spiro atoms. The maximum absolute atomic E-state index is 12.3. The van der Waals surface area contributed by atoms with Crippen molar-refractivity contribution in [3.8, 4) is 0 Å². The molecule has 2 aromatic rings. The largest absolute Gasteiger partial charge is 0.344 e. The first-order valence-electron chi connectivity index (χ1n) is 8.25. The predicted octanol–water partition coefficient (Wildman–Crippen LogP) is 3.46. The molecule has 0 fully saturated rings. The van der Waals surface area contributed by atoms with Crippen LogP contribution >= 0.6 is 12.4 Å². The van der Waals surface area contributed by atoms with Crippen molar-refractivity contribution in [2.75, 3.05) is 13.6 Å². The second kappa shape index (κ2) is 10.8. The van der Waals surface area contributed by atoms with Gasteiger partial charge in [-0.2, -0.15) is 0 Å². The molecule has 0 bridgehead atoms. The van der Waals surface area contributed by atoms with Crippen LogP contribution in [0.3, 0.4) is 0 Å². The van der Waals surface area contributed by atoms with Crippen molar-refractivity contribution in [3.63, 3.8) is 0 Å². The first-order valence-corrected chi connectivity index (χ1v) is 8.25. The van der Waals surface area contributed by atoms with E-state index in [9.17, 15) is 4.79 Å². The van der Waals surface area contributed by atoms with E-state index in [-0.39, 0.29) is 18.3 Å². The normalized spacial score (nSPS) is 11.4. The summed E-state index contributed by atoms with van der Waals surface area (Å²) in [5.41, 5.74) is 8.51. The van der Waals surface area contributed by atoms with Gasteiger partial charge in [0.15, 0.2) is 0 Å². The lowest BCUT2D eigenvalue weighted by Gasteiger charge is -2.21. The molecule has 0 aliphatic heterocycles. The molecule has 1 atom stereocenters. The van der Waals surface area contributed by atoms with E-state index in [1.807, 2.05) is 43.4 Å². The Labute approximate surface area is 151 Å². The second-order valence-corrected chi connectivity index (χ2v) is 6.00. The molecule has 1 amide bonds. The van der Waals surface area contributed by atoms with Gasteiger partial charge >= 0.3 is 0 Å². The standard InChI is InChI=1S/C20H26N2O.ClH/c1-22(15-9-8-12-17-10-4-2-5-11-17)20(23)19(21)16-18-13-6-3-7-14-18;/h2-7,10-11,13-14,19H,8-9,12,15-16,21H2,1H3;1H. The molecule has 3 nitrogen and oxygen atoms in total. The Morgan fingerprint density at radius 2 is 1.50 bits per heavy atom. The van der Waals surface area contributed by atoms with Crippen molar-refractivity contribution >= 4 is 18.3 Å². The summed E-state index contributed by atoms with van der Waals surface area (Å²) in [6.45, 7) is 0.758. The Bertz CT molecular complexity index is 589. The van der Waals surface area contributed by atoms with E-state index in [2.05, 4.69) is 24.3 Å². The van der Waals surface area contributed by atoms with Crippen LogP contribution in [0, 0.1) is 0 Å². The number of hydrogen-bond donors (Lipinski definition) is 1. The lowest BCUT2D eigenvalue weighted by atomic mass is 10.1. The minimum Gasteiger partial charge on any atom is -0.344 e. The van der Waals surface area contributed by atoms with Crippen molar-refractivity contribution in [2.45, 2.75) is 31.7 Å². The van der Waals surface area contributed by atoms with Gasteiger partial charge in [0, 0.05) is 13.6 Å². The van der Waals surface area contributed by atoms with Crippen LogP contribution < -0.4 is 5.73 Å². The maximum atomic E-state index is 12.3. The van der Waals surface area contributed by atoms with E-state index in [0.717, 1.165) is 31.4 Å². The highest BCUT2D eigenvalue weighted by Gasteiger charge is 2.17. The van der Waals surface area contributed by atoms with Gasteiger partial charge in [0.2, 0.25) is 5.91 Å². The molecule has 2 aromatic carbocycles. The van der Waals surface area contributed by atoms with Crippen LogP contribution in [0.5, 0.6) is 0 Å². The summed E-state index contributed by atoms with van der Waals surface area (Å²) < 4.78 is 0. The SMILES string of the molecule is CN(CCCCc1ccccc1)C(=O)C(N)Cc1ccccc1.Cl. The molecule has 0 saturated carbocycles.